The average Bonchev–Trinajstić information content (AvgIpc) is 3.37. The second-order valence-corrected chi connectivity index (χ2v) is 10.3. The van der Waals surface area contributed by atoms with Crippen LogP contribution < -0.4 is 10.2 Å². The van der Waals surface area contributed by atoms with Crippen LogP contribution in [-0.4, -0.2) is 58.8 Å². The predicted molar refractivity (Wildman–Crippen MR) is 152 cm³/mol. The van der Waals surface area contributed by atoms with E-state index in [1.807, 2.05) is 53.4 Å². The maximum atomic E-state index is 13.8. The second kappa shape index (κ2) is 10.8. The highest BCUT2D eigenvalue weighted by Gasteiger charge is 2.35. The molecule has 0 aliphatic carbocycles. The number of piperidine rings is 1. The number of carbonyl (C=O) groups excluding carboxylic acids is 3. The second-order valence-electron chi connectivity index (χ2n) is 10.3. The lowest BCUT2D eigenvalue weighted by molar-refractivity contribution is -0.144. The number of fused-ring (bicyclic) bond motifs is 3. The average molecular weight is 538 g/mol. The number of hydrogen-bond acceptors (Lipinski definition) is 6. The van der Waals surface area contributed by atoms with Gasteiger partial charge in [0.25, 0.3) is 5.91 Å². The lowest BCUT2D eigenvalue weighted by atomic mass is 9.96. The molecular weight excluding hydrogens is 506 g/mol. The number of para-hydroxylation sites is 3. The van der Waals surface area contributed by atoms with Crippen LogP contribution in [0.4, 0.5) is 11.6 Å². The maximum absolute atomic E-state index is 13.8. The van der Waals surface area contributed by atoms with Crippen LogP contribution in [0.5, 0.6) is 0 Å². The van der Waals surface area contributed by atoms with Crippen LogP contribution >= 0.6 is 0 Å². The van der Waals surface area contributed by atoms with Crippen molar-refractivity contribution in [3.05, 3.63) is 89.5 Å². The van der Waals surface area contributed by atoms with Crippen LogP contribution in [0, 0.1) is 5.92 Å². The van der Waals surface area contributed by atoms with Gasteiger partial charge in [0, 0.05) is 43.2 Å². The van der Waals surface area contributed by atoms with Crippen molar-refractivity contribution in [2.45, 2.75) is 25.9 Å². The van der Waals surface area contributed by atoms with E-state index in [0.717, 1.165) is 36.4 Å². The minimum Gasteiger partial charge on any atom is -0.453 e. The Balaban J connectivity index is 1.14. The Morgan fingerprint density at radius 2 is 1.68 bits per heavy atom. The van der Waals surface area contributed by atoms with Crippen molar-refractivity contribution in [2.24, 2.45) is 5.92 Å². The lowest BCUT2D eigenvalue weighted by Crippen LogP contribution is -2.46. The van der Waals surface area contributed by atoms with Gasteiger partial charge in [-0.25, -0.2) is 4.98 Å². The molecule has 1 saturated heterocycles. The zero-order chi connectivity index (χ0) is 27.6. The smallest absolute Gasteiger partial charge is 0.303 e. The number of anilines is 2. The maximum Gasteiger partial charge on any atom is 0.303 e. The molecule has 3 aromatic carbocycles. The molecule has 204 valence electrons. The van der Waals surface area contributed by atoms with Crippen LogP contribution in [0.2, 0.25) is 0 Å². The predicted octanol–water partition coefficient (Wildman–Crippen LogP) is 4.53. The molecule has 6 rings (SSSR count). The quantitative estimate of drug-likeness (QED) is 0.350. The molecule has 1 aromatic heterocycles. The minimum atomic E-state index is -0.732. The number of aromatic nitrogens is 2. The highest BCUT2D eigenvalue weighted by Crippen LogP contribution is 2.39. The largest absolute Gasteiger partial charge is 0.453 e. The number of nitrogens with one attached hydrogen (secondary N) is 2. The number of ether oxygens (including phenoxy) is 1. The van der Waals surface area contributed by atoms with Gasteiger partial charge in [0.1, 0.15) is 6.54 Å². The number of hydrogen-bond donors (Lipinski definition) is 2. The topological polar surface area (TPSA) is 108 Å². The number of nitrogens with zero attached hydrogens (tertiary/aromatic N) is 3. The summed E-state index contributed by atoms with van der Waals surface area (Å²) in [6, 6.07) is 22.4. The molecule has 0 bridgehead atoms. The molecule has 9 heteroatoms. The number of benzene rings is 3. The summed E-state index contributed by atoms with van der Waals surface area (Å²) >= 11 is 0. The highest BCUT2D eigenvalue weighted by atomic mass is 16.5. The number of esters is 1. The Hall–Kier alpha value is -4.66. The van der Waals surface area contributed by atoms with Crippen LogP contribution in [0.3, 0.4) is 0 Å². The van der Waals surface area contributed by atoms with Gasteiger partial charge in [0.15, 0.2) is 6.10 Å². The van der Waals surface area contributed by atoms with Gasteiger partial charge in [-0.3, -0.25) is 19.3 Å². The standard InChI is InChI=1S/C31H31N5O4/c1-20(37)40-29-22-8-2-3-9-23(22)30(39)36(27-13-7-4-10-24(27)29)19-28(38)35-16-14-21(15-17-35)18-32-31-33-25-11-5-6-12-26(25)34-31/h2-13,21,29H,14-19H2,1H3,(H2,32,33,34). The SMILES string of the molecule is CC(=O)OC1c2ccccc2C(=O)N(CC(=O)N2CCC(CNc3nc4ccccc4[nH]3)CC2)c2ccccc21. The van der Waals surface area contributed by atoms with Gasteiger partial charge in [-0.1, -0.05) is 48.5 Å². The van der Waals surface area contributed by atoms with E-state index >= 15 is 0 Å². The third kappa shape index (κ3) is 5.02. The Morgan fingerprint density at radius 1 is 0.975 bits per heavy atom. The molecule has 2 N–H and O–H groups in total. The molecule has 1 unspecified atom stereocenters. The summed E-state index contributed by atoms with van der Waals surface area (Å²) in [4.78, 5) is 50.5. The van der Waals surface area contributed by atoms with Crippen molar-refractivity contribution in [2.75, 3.05) is 36.4 Å². The van der Waals surface area contributed by atoms with Crippen molar-refractivity contribution in [1.82, 2.24) is 14.9 Å². The van der Waals surface area contributed by atoms with Crippen molar-refractivity contribution in [3.63, 3.8) is 0 Å². The van der Waals surface area contributed by atoms with Crippen molar-refractivity contribution < 1.29 is 19.1 Å². The molecule has 3 heterocycles. The van der Waals surface area contributed by atoms with Gasteiger partial charge >= 0.3 is 5.97 Å². The summed E-state index contributed by atoms with van der Waals surface area (Å²) in [5, 5.41) is 3.41. The number of amides is 2. The van der Waals surface area contributed by atoms with Crippen LogP contribution in [0.15, 0.2) is 72.8 Å². The van der Waals surface area contributed by atoms with Gasteiger partial charge in [0.2, 0.25) is 11.9 Å². The number of imidazole rings is 1. The van der Waals surface area contributed by atoms with E-state index in [1.54, 1.807) is 24.3 Å². The van der Waals surface area contributed by atoms with Crippen molar-refractivity contribution in [3.8, 4) is 0 Å². The molecule has 9 nitrogen and oxygen atoms in total. The Bertz CT molecular complexity index is 1540. The molecule has 40 heavy (non-hydrogen) atoms. The highest BCUT2D eigenvalue weighted by molar-refractivity contribution is 6.11. The molecule has 2 amide bonds. The van der Waals surface area contributed by atoms with Crippen LogP contribution in [-0.2, 0) is 14.3 Å². The summed E-state index contributed by atoms with van der Waals surface area (Å²) in [5.41, 5.74) is 4.22. The number of rotatable bonds is 6. The van der Waals surface area contributed by atoms with E-state index in [4.69, 9.17) is 4.74 Å². The van der Waals surface area contributed by atoms with Crippen molar-refractivity contribution in [1.29, 1.82) is 0 Å². The summed E-state index contributed by atoms with van der Waals surface area (Å²) in [6.45, 7) is 3.30. The first kappa shape index (κ1) is 25.6. The zero-order valence-corrected chi connectivity index (χ0v) is 22.3. The zero-order valence-electron chi connectivity index (χ0n) is 22.3. The van der Waals surface area contributed by atoms with Gasteiger partial charge in [-0.2, -0.15) is 0 Å². The molecule has 1 atom stereocenters. The molecule has 0 saturated carbocycles. The molecular formula is C31H31N5O4. The normalized spacial score (nSPS) is 17.2. The van der Waals surface area contributed by atoms with Gasteiger partial charge < -0.3 is 19.9 Å². The van der Waals surface area contributed by atoms with E-state index in [2.05, 4.69) is 15.3 Å². The molecule has 1 fully saturated rings. The van der Waals surface area contributed by atoms with Gasteiger partial charge in [-0.15, -0.1) is 0 Å². The van der Waals surface area contributed by atoms with Gasteiger partial charge in [0.05, 0.1) is 16.7 Å². The van der Waals surface area contributed by atoms with E-state index in [1.165, 1.54) is 11.8 Å². The fourth-order valence-electron chi connectivity index (χ4n) is 5.65. The van der Waals surface area contributed by atoms with Gasteiger partial charge in [-0.05, 0) is 43.0 Å². The van der Waals surface area contributed by atoms with Crippen LogP contribution in [0.25, 0.3) is 11.0 Å². The minimum absolute atomic E-state index is 0.0845. The first-order valence-corrected chi connectivity index (χ1v) is 13.6. The number of H-pyrrole nitrogens is 1. The fourth-order valence-corrected chi connectivity index (χ4v) is 5.65. The number of likely N-dealkylation sites (tertiary alicyclic amines) is 1. The first-order valence-electron chi connectivity index (χ1n) is 13.6. The number of carbonyl (C=O) groups is 3. The lowest BCUT2D eigenvalue weighted by Gasteiger charge is -2.34. The van der Waals surface area contributed by atoms with E-state index < -0.39 is 12.1 Å². The third-order valence-corrected chi connectivity index (χ3v) is 7.72. The Morgan fingerprint density at radius 3 is 2.45 bits per heavy atom. The fraction of sp³-hybridized carbons (Fsp3) is 0.290. The molecule has 2 aliphatic heterocycles. The van der Waals surface area contributed by atoms with Crippen molar-refractivity contribution >= 4 is 40.5 Å². The third-order valence-electron chi connectivity index (χ3n) is 7.72. The number of aromatic amines is 1. The molecule has 2 aliphatic rings. The monoisotopic (exact) mass is 537 g/mol. The van der Waals surface area contributed by atoms with E-state index in [-0.39, 0.29) is 18.4 Å². The Kier molecular flexibility index (Phi) is 6.94. The Labute approximate surface area is 232 Å². The first-order chi connectivity index (χ1) is 19.5. The molecule has 4 aromatic rings. The van der Waals surface area contributed by atoms with E-state index in [0.29, 0.717) is 41.4 Å². The summed E-state index contributed by atoms with van der Waals surface area (Å²) in [5.74, 6) is 0.343. The summed E-state index contributed by atoms with van der Waals surface area (Å²) in [6.07, 6.45) is 0.991. The molecule has 0 radical (unpaired) electrons. The molecule has 0 spiro atoms. The summed E-state index contributed by atoms with van der Waals surface area (Å²) in [7, 11) is 0. The van der Waals surface area contributed by atoms with Crippen LogP contribution in [0.1, 0.15) is 47.4 Å². The van der Waals surface area contributed by atoms with E-state index in [9.17, 15) is 14.4 Å². The summed E-state index contributed by atoms with van der Waals surface area (Å²) < 4.78 is 5.70.